The standard InChI is InChI=1S/C20H22F3N7O/c1-3-4-5-15(29-19(24)25)16-10-14-17(26-11-27-18(14)30(16)2)28-12-6-8-13(9-7-12)31-20(21,22)23/h5-11H,3-4H2,1-2H3,(H4,24,25,29)(H,26,27,28)/b15-5+. The summed E-state index contributed by atoms with van der Waals surface area (Å²) in [7, 11) is 1.83. The Morgan fingerprint density at radius 1 is 1.26 bits per heavy atom. The Bertz CT molecular complexity index is 1100. The van der Waals surface area contributed by atoms with Crippen molar-refractivity contribution < 1.29 is 17.9 Å². The Labute approximate surface area is 176 Å². The molecule has 0 fully saturated rings. The number of rotatable bonds is 7. The second kappa shape index (κ2) is 8.94. The number of nitrogens with one attached hydrogen (secondary N) is 3. The van der Waals surface area contributed by atoms with Gasteiger partial charge >= 0.3 is 6.36 Å². The number of anilines is 2. The van der Waals surface area contributed by atoms with Crippen molar-refractivity contribution in [1.82, 2.24) is 19.9 Å². The van der Waals surface area contributed by atoms with Crippen molar-refractivity contribution in [3.8, 4) is 5.75 Å². The van der Waals surface area contributed by atoms with Crippen LogP contribution in [0.3, 0.4) is 0 Å². The molecule has 0 aliphatic heterocycles. The van der Waals surface area contributed by atoms with Gasteiger partial charge < -0.3 is 25.7 Å². The molecule has 0 saturated carbocycles. The molecule has 3 aromatic rings. The maximum atomic E-state index is 12.3. The van der Waals surface area contributed by atoms with E-state index in [0.717, 1.165) is 18.5 Å². The zero-order valence-electron chi connectivity index (χ0n) is 16.9. The molecule has 0 saturated heterocycles. The first kappa shape index (κ1) is 21.9. The van der Waals surface area contributed by atoms with Gasteiger partial charge in [0.15, 0.2) is 5.96 Å². The Morgan fingerprint density at radius 2 is 1.97 bits per heavy atom. The number of nitrogens with zero attached hydrogens (tertiary/aromatic N) is 3. The normalized spacial score (nSPS) is 12.1. The van der Waals surface area contributed by atoms with Crippen molar-refractivity contribution in [2.24, 2.45) is 12.8 Å². The van der Waals surface area contributed by atoms with Crippen LogP contribution in [0.2, 0.25) is 0 Å². The number of halogens is 3. The number of fused-ring (bicyclic) bond motifs is 1. The highest BCUT2D eigenvalue weighted by molar-refractivity contribution is 5.94. The Morgan fingerprint density at radius 3 is 2.58 bits per heavy atom. The lowest BCUT2D eigenvalue weighted by Gasteiger charge is -2.11. The first-order valence-corrected chi connectivity index (χ1v) is 9.42. The Hall–Kier alpha value is -3.76. The summed E-state index contributed by atoms with van der Waals surface area (Å²) in [6.45, 7) is 2.04. The highest BCUT2D eigenvalue weighted by atomic mass is 19.4. The number of guanidine groups is 1. The lowest BCUT2D eigenvalue weighted by molar-refractivity contribution is -0.274. The van der Waals surface area contributed by atoms with Crippen LogP contribution >= 0.6 is 0 Å². The van der Waals surface area contributed by atoms with Gasteiger partial charge in [0.05, 0.1) is 16.8 Å². The molecule has 5 N–H and O–H groups in total. The van der Waals surface area contributed by atoms with E-state index in [4.69, 9.17) is 11.1 Å². The molecule has 0 aliphatic carbocycles. The van der Waals surface area contributed by atoms with Gasteiger partial charge in [-0.15, -0.1) is 13.2 Å². The molecule has 0 atom stereocenters. The molecule has 2 aromatic heterocycles. The van der Waals surface area contributed by atoms with Crippen molar-refractivity contribution in [2.75, 3.05) is 5.32 Å². The molecule has 0 spiro atoms. The number of alkyl halides is 3. The van der Waals surface area contributed by atoms with Crippen molar-refractivity contribution in [3.05, 3.63) is 48.4 Å². The van der Waals surface area contributed by atoms with Gasteiger partial charge in [0.2, 0.25) is 0 Å². The van der Waals surface area contributed by atoms with Gasteiger partial charge in [-0.05, 0) is 36.8 Å². The molecule has 8 nitrogen and oxygen atoms in total. The number of ether oxygens (including phenoxy) is 1. The predicted molar refractivity (Wildman–Crippen MR) is 113 cm³/mol. The first-order chi connectivity index (χ1) is 14.7. The molecule has 11 heteroatoms. The number of allylic oxidation sites excluding steroid dienone is 1. The van der Waals surface area contributed by atoms with Crippen molar-refractivity contribution in [1.29, 1.82) is 5.41 Å². The van der Waals surface area contributed by atoms with Crippen LogP contribution in [0, 0.1) is 5.41 Å². The first-order valence-electron chi connectivity index (χ1n) is 9.42. The van der Waals surface area contributed by atoms with E-state index >= 15 is 0 Å². The van der Waals surface area contributed by atoms with Gasteiger partial charge in [-0.3, -0.25) is 5.41 Å². The van der Waals surface area contributed by atoms with Crippen LogP contribution in [0.4, 0.5) is 24.7 Å². The van der Waals surface area contributed by atoms with Gasteiger partial charge in [-0.25, -0.2) is 9.97 Å². The fourth-order valence-corrected chi connectivity index (χ4v) is 3.02. The van der Waals surface area contributed by atoms with Crippen LogP contribution in [0.15, 0.2) is 42.7 Å². The lowest BCUT2D eigenvalue weighted by Crippen LogP contribution is -2.29. The van der Waals surface area contributed by atoms with Crippen LogP contribution in [-0.2, 0) is 7.05 Å². The number of hydrogen-bond donors (Lipinski definition) is 4. The zero-order chi connectivity index (χ0) is 22.6. The average molecular weight is 433 g/mol. The van der Waals surface area contributed by atoms with Gasteiger partial charge in [0.1, 0.15) is 23.5 Å². The lowest BCUT2D eigenvalue weighted by atomic mass is 10.2. The third-order valence-corrected chi connectivity index (χ3v) is 4.36. The molecule has 0 unspecified atom stereocenters. The second-order valence-corrected chi connectivity index (χ2v) is 6.69. The van der Waals surface area contributed by atoms with E-state index in [1.165, 1.54) is 30.6 Å². The third-order valence-electron chi connectivity index (χ3n) is 4.36. The molecule has 0 aliphatic rings. The van der Waals surface area contributed by atoms with Crippen molar-refractivity contribution >= 4 is 34.2 Å². The van der Waals surface area contributed by atoms with E-state index in [1.807, 2.05) is 30.7 Å². The van der Waals surface area contributed by atoms with Crippen LogP contribution in [-0.4, -0.2) is 26.9 Å². The summed E-state index contributed by atoms with van der Waals surface area (Å²) in [6, 6.07) is 7.21. The third kappa shape index (κ3) is 5.44. The van der Waals surface area contributed by atoms with Gasteiger partial charge in [-0.2, -0.15) is 0 Å². The zero-order valence-corrected chi connectivity index (χ0v) is 16.9. The maximum absolute atomic E-state index is 12.3. The highest BCUT2D eigenvalue weighted by Gasteiger charge is 2.31. The fraction of sp³-hybridized carbons (Fsp3) is 0.250. The van der Waals surface area contributed by atoms with Crippen LogP contribution < -0.4 is 21.1 Å². The summed E-state index contributed by atoms with van der Waals surface area (Å²) in [5.41, 5.74) is 8.13. The smallest absolute Gasteiger partial charge is 0.406 e. The highest BCUT2D eigenvalue weighted by Crippen LogP contribution is 2.29. The maximum Gasteiger partial charge on any atom is 0.573 e. The topological polar surface area (TPSA) is 114 Å². The summed E-state index contributed by atoms with van der Waals surface area (Å²) >= 11 is 0. The number of hydrogen-bond acceptors (Lipinski definition) is 5. The minimum Gasteiger partial charge on any atom is -0.406 e. The van der Waals surface area contributed by atoms with Crippen LogP contribution in [0.1, 0.15) is 25.5 Å². The molecule has 0 radical (unpaired) electrons. The molecule has 3 rings (SSSR count). The van der Waals surface area contributed by atoms with Crippen LogP contribution in [0.5, 0.6) is 5.75 Å². The van der Waals surface area contributed by atoms with Crippen molar-refractivity contribution in [2.45, 2.75) is 26.1 Å². The summed E-state index contributed by atoms with van der Waals surface area (Å²) in [5, 5.41) is 14.2. The number of aromatic nitrogens is 3. The predicted octanol–water partition coefficient (Wildman–Crippen LogP) is 4.23. The minimum absolute atomic E-state index is 0.182. The van der Waals surface area contributed by atoms with E-state index in [0.29, 0.717) is 28.2 Å². The Balaban J connectivity index is 1.94. The number of benzene rings is 1. The molecule has 2 heterocycles. The van der Waals surface area contributed by atoms with E-state index in [9.17, 15) is 13.2 Å². The molecular formula is C20H22F3N7O. The van der Waals surface area contributed by atoms with Gasteiger partial charge in [-0.1, -0.05) is 19.4 Å². The van der Waals surface area contributed by atoms with Crippen LogP contribution in [0.25, 0.3) is 16.7 Å². The van der Waals surface area contributed by atoms with Gasteiger partial charge in [0, 0.05) is 12.7 Å². The number of aryl methyl sites for hydroxylation is 1. The molecular weight excluding hydrogens is 411 g/mol. The second-order valence-electron chi connectivity index (χ2n) is 6.69. The van der Waals surface area contributed by atoms with E-state index in [-0.39, 0.29) is 11.7 Å². The number of nitrogens with two attached hydrogens (primary N) is 1. The molecule has 164 valence electrons. The molecule has 0 amide bonds. The molecule has 0 bridgehead atoms. The molecule has 31 heavy (non-hydrogen) atoms. The largest absolute Gasteiger partial charge is 0.573 e. The fourth-order valence-electron chi connectivity index (χ4n) is 3.02. The summed E-state index contributed by atoms with van der Waals surface area (Å²) in [5.74, 6) is -0.0129. The van der Waals surface area contributed by atoms with Crippen molar-refractivity contribution in [3.63, 3.8) is 0 Å². The van der Waals surface area contributed by atoms with Gasteiger partial charge in [0.25, 0.3) is 0 Å². The number of unbranched alkanes of at least 4 members (excludes halogenated alkanes) is 1. The van der Waals surface area contributed by atoms with E-state index in [2.05, 4.69) is 25.3 Å². The summed E-state index contributed by atoms with van der Waals surface area (Å²) in [6.07, 6.45) is 0.317. The quantitative estimate of drug-likeness (QED) is 0.327. The summed E-state index contributed by atoms with van der Waals surface area (Å²) in [4.78, 5) is 8.59. The summed E-state index contributed by atoms with van der Waals surface area (Å²) < 4.78 is 42.7. The van der Waals surface area contributed by atoms with E-state index < -0.39 is 6.36 Å². The SMILES string of the molecule is CCC/C=C(/NC(=N)N)c1cc2c(Nc3ccc(OC(F)(F)F)cc3)ncnc2n1C. The van der Waals surface area contributed by atoms with E-state index in [1.54, 1.807) is 0 Å². The average Bonchev–Trinajstić information content (AvgIpc) is 3.03. The minimum atomic E-state index is -4.74. The monoisotopic (exact) mass is 433 g/mol. The Kier molecular flexibility index (Phi) is 6.33. The molecule has 1 aromatic carbocycles.